The Bertz CT molecular complexity index is 520. The Morgan fingerprint density at radius 3 is 2.68 bits per heavy atom. The smallest absolute Gasteiger partial charge is 0.255 e. The molecule has 0 saturated carbocycles. The fourth-order valence-electron chi connectivity index (χ4n) is 1.66. The van der Waals surface area contributed by atoms with E-state index in [-0.39, 0.29) is 12.6 Å². The number of benzene rings is 1. The highest BCUT2D eigenvalue weighted by atomic mass is 16.5. The molecule has 3 N–H and O–H groups in total. The predicted molar refractivity (Wildman–Crippen MR) is 71.9 cm³/mol. The number of furan rings is 1. The summed E-state index contributed by atoms with van der Waals surface area (Å²) in [4.78, 5) is 10.6. The topological polar surface area (TPSA) is 77.5 Å². The van der Waals surface area contributed by atoms with Crippen LogP contribution in [-0.2, 0) is 4.79 Å². The summed E-state index contributed by atoms with van der Waals surface area (Å²) in [5.41, 5.74) is 5.94. The minimum atomic E-state index is -0.492. The minimum absolute atomic E-state index is 0.0763. The van der Waals surface area contributed by atoms with Gasteiger partial charge >= 0.3 is 0 Å². The summed E-state index contributed by atoms with van der Waals surface area (Å²) in [5.74, 6) is 0.984. The lowest BCUT2D eigenvalue weighted by Gasteiger charge is -2.13. The van der Waals surface area contributed by atoms with Crippen LogP contribution in [0.25, 0.3) is 0 Å². The van der Waals surface area contributed by atoms with Crippen LogP contribution < -0.4 is 15.8 Å². The van der Waals surface area contributed by atoms with Crippen LogP contribution in [0, 0.1) is 0 Å². The second-order valence-corrected chi connectivity index (χ2v) is 4.16. The molecule has 0 saturated heterocycles. The first-order valence-corrected chi connectivity index (χ1v) is 5.96. The Morgan fingerprint density at radius 1 is 1.37 bits per heavy atom. The number of carbonyl (C=O) groups excluding carboxylic acids is 1. The summed E-state index contributed by atoms with van der Waals surface area (Å²) < 4.78 is 10.5. The van der Waals surface area contributed by atoms with Gasteiger partial charge in [0.15, 0.2) is 6.61 Å². The van der Waals surface area contributed by atoms with E-state index in [2.05, 4.69) is 5.32 Å². The van der Waals surface area contributed by atoms with Gasteiger partial charge in [0.25, 0.3) is 5.91 Å². The fraction of sp³-hybridized carbons (Fsp3) is 0.214. The van der Waals surface area contributed by atoms with E-state index in [1.165, 1.54) is 0 Å². The van der Waals surface area contributed by atoms with Crippen molar-refractivity contribution in [1.29, 1.82) is 0 Å². The first kappa shape index (κ1) is 13.0. The molecule has 1 unspecified atom stereocenters. The van der Waals surface area contributed by atoms with Crippen LogP contribution in [-0.4, -0.2) is 12.5 Å². The van der Waals surface area contributed by atoms with Crippen LogP contribution in [0.5, 0.6) is 5.75 Å². The number of anilines is 1. The van der Waals surface area contributed by atoms with Crippen LogP contribution in [0.1, 0.15) is 18.7 Å². The molecule has 1 atom stereocenters. The van der Waals surface area contributed by atoms with Crippen LogP contribution in [0.2, 0.25) is 0 Å². The van der Waals surface area contributed by atoms with Crippen molar-refractivity contribution in [3.05, 3.63) is 48.4 Å². The second kappa shape index (κ2) is 5.95. The van der Waals surface area contributed by atoms with Crippen molar-refractivity contribution in [3.63, 3.8) is 0 Å². The van der Waals surface area contributed by atoms with Gasteiger partial charge in [0.2, 0.25) is 0 Å². The van der Waals surface area contributed by atoms with Gasteiger partial charge in [-0.1, -0.05) is 0 Å². The molecule has 2 rings (SSSR count). The molecular weight excluding hydrogens is 244 g/mol. The fourth-order valence-corrected chi connectivity index (χ4v) is 1.66. The van der Waals surface area contributed by atoms with Gasteiger partial charge in [-0.2, -0.15) is 0 Å². The second-order valence-electron chi connectivity index (χ2n) is 4.16. The van der Waals surface area contributed by atoms with Gasteiger partial charge in [-0.25, -0.2) is 0 Å². The molecule has 19 heavy (non-hydrogen) atoms. The number of hydrogen-bond donors (Lipinski definition) is 2. The lowest BCUT2D eigenvalue weighted by atomic mass is 10.2. The normalized spacial score (nSPS) is 11.8. The van der Waals surface area contributed by atoms with E-state index in [0.29, 0.717) is 5.75 Å². The van der Waals surface area contributed by atoms with Gasteiger partial charge < -0.3 is 20.2 Å². The Hall–Kier alpha value is -2.43. The van der Waals surface area contributed by atoms with Crippen molar-refractivity contribution >= 4 is 11.6 Å². The van der Waals surface area contributed by atoms with E-state index in [0.717, 1.165) is 11.4 Å². The average Bonchev–Trinajstić information content (AvgIpc) is 2.92. The maximum Gasteiger partial charge on any atom is 0.255 e. The largest absolute Gasteiger partial charge is 0.484 e. The molecule has 5 nitrogen and oxygen atoms in total. The number of hydrogen-bond acceptors (Lipinski definition) is 4. The highest BCUT2D eigenvalue weighted by Gasteiger charge is 2.07. The van der Waals surface area contributed by atoms with Crippen LogP contribution in [0.15, 0.2) is 47.1 Å². The molecule has 0 spiro atoms. The first-order valence-electron chi connectivity index (χ1n) is 5.96. The lowest BCUT2D eigenvalue weighted by molar-refractivity contribution is -0.119. The maximum absolute atomic E-state index is 10.6. The molecule has 0 fully saturated rings. The summed E-state index contributed by atoms with van der Waals surface area (Å²) in [6, 6.07) is 11.1. The van der Waals surface area contributed by atoms with Crippen molar-refractivity contribution in [1.82, 2.24) is 0 Å². The van der Waals surface area contributed by atoms with Crippen LogP contribution >= 0.6 is 0 Å². The summed E-state index contributed by atoms with van der Waals surface area (Å²) in [7, 11) is 0. The molecule has 5 heteroatoms. The Morgan fingerprint density at radius 2 is 2.11 bits per heavy atom. The van der Waals surface area contributed by atoms with E-state index in [1.54, 1.807) is 18.4 Å². The van der Waals surface area contributed by atoms with Crippen molar-refractivity contribution in [3.8, 4) is 5.75 Å². The van der Waals surface area contributed by atoms with Gasteiger partial charge in [-0.3, -0.25) is 4.79 Å². The summed E-state index contributed by atoms with van der Waals surface area (Å²) in [6.07, 6.45) is 1.65. The van der Waals surface area contributed by atoms with E-state index in [1.807, 2.05) is 31.2 Å². The summed E-state index contributed by atoms with van der Waals surface area (Å²) in [6.45, 7) is 1.89. The average molecular weight is 260 g/mol. The predicted octanol–water partition coefficient (Wildman–Crippen LogP) is 2.32. The van der Waals surface area contributed by atoms with E-state index in [9.17, 15) is 4.79 Å². The Kier molecular flexibility index (Phi) is 4.07. The number of nitrogens with one attached hydrogen (secondary N) is 1. The number of amides is 1. The van der Waals surface area contributed by atoms with Crippen molar-refractivity contribution in [2.75, 3.05) is 11.9 Å². The summed E-state index contributed by atoms with van der Waals surface area (Å²) >= 11 is 0. The minimum Gasteiger partial charge on any atom is -0.484 e. The van der Waals surface area contributed by atoms with Gasteiger partial charge in [0.05, 0.1) is 12.3 Å². The van der Waals surface area contributed by atoms with Gasteiger partial charge in [-0.15, -0.1) is 0 Å². The third kappa shape index (κ3) is 3.77. The summed E-state index contributed by atoms with van der Waals surface area (Å²) in [5, 5.41) is 3.30. The van der Waals surface area contributed by atoms with Gasteiger partial charge in [0, 0.05) is 5.69 Å². The number of ether oxygens (including phenoxy) is 1. The van der Waals surface area contributed by atoms with Crippen LogP contribution in [0.3, 0.4) is 0 Å². The van der Waals surface area contributed by atoms with Gasteiger partial charge in [0.1, 0.15) is 11.5 Å². The molecule has 1 aromatic carbocycles. The molecular formula is C14H16N2O3. The zero-order valence-electron chi connectivity index (χ0n) is 10.6. The molecule has 1 amide bonds. The number of carbonyl (C=O) groups is 1. The van der Waals surface area contributed by atoms with Crippen molar-refractivity contribution in [2.45, 2.75) is 13.0 Å². The van der Waals surface area contributed by atoms with Crippen LogP contribution in [0.4, 0.5) is 5.69 Å². The van der Waals surface area contributed by atoms with E-state index in [4.69, 9.17) is 14.9 Å². The highest BCUT2D eigenvalue weighted by molar-refractivity contribution is 5.75. The number of primary amides is 1. The molecule has 0 bridgehead atoms. The number of rotatable bonds is 6. The maximum atomic E-state index is 10.6. The zero-order chi connectivity index (χ0) is 13.7. The molecule has 0 radical (unpaired) electrons. The molecule has 1 heterocycles. The molecule has 100 valence electrons. The molecule has 0 aliphatic carbocycles. The van der Waals surface area contributed by atoms with Crippen molar-refractivity contribution < 1.29 is 13.9 Å². The monoisotopic (exact) mass is 260 g/mol. The quantitative estimate of drug-likeness (QED) is 0.835. The third-order valence-corrected chi connectivity index (χ3v) is 2.59. The first-order chi connectivity index (χ1) is 9.15. The molecule has 0 aliphatic rings. The van der Waals surface area contributed by atoms with E-state index < -0.39 is 5.91 Å². The van der Waals surface area contributed by atoms with E-state index >= 15 is 0 Å². The molecule has 1 aromatic heterocycles. The number of nitrogens with two attached hydrogens (primary N) is 1. The molecule has 2 aromatic rings. The lowest BCUT2D eigenvalue weighted by Crippen LogP contribution is -2.19. The Balaban J connectivity index is 1.93. The zero-order valence-corrected chi connectivity index (χ0v) is 10.6. The highest BCUT2D eigenvalue weighted by Crippen LogP contribution is 2.21. The standard InChI is InChI=1S/C14H16N2O3/c1-10(13-3-2-8-18-13)16-11-4-6-12(7-5-11)19-9-14(15)17/h2-8,10,16H,9H2,1H3,(H2,15,17). The molecule has 0 aliphatic heterocycles. The van der Waals surface area contributed by atoms with Crippen molar-refractivity contribution in [2.24, 2.45) is 5.73 Å². The SMILES string of the molecule is CC(Nc1ccc(OCC(N)=O)cc1)c1ccco1. The van der Waals surface area contributed by atoms with Gasteiger partial charge in [-0.05, 0) is 43.3 Å². The Labute approximate surface area is 111 Å². The third-order valence-electron chi connectivity index (χ3n) is 2.59.